The molecule has 2 amide bonds. The van der Waals surface area contributed by atoms with E-state index in [-0.39, 0.29) is 18.2 Å². The van der Waals surface area contributed by atoms with E-state index in [1.165, 1.54) is 4.90 Å². The van der Waals surface area contributed by atoms with Crippen molar-refractivity contribution in [2.24, 2.45) is 0 Å². The molecule has 0 fully saturated rings. The first-order chi connectivity index (χ1) is 16.1. The van der Waals surface area contributed by atoms with Gasteiger partial charge in [-0.1, -0.05) is 48.4 Å². The quantitative estimate of drug-likeness (QED) is 0.531. The molecule has 176 valence electrons. The number of fused-ring (bicyclic) bond motifs is 1. The van der Waals surface area contributed by atoms with E-state index in [1.54, 1.807) is 32.2 Å². The molecule has 3 rings (SSSR count). The van der Waals surface area contributed by atoms with Gasteiger partial charge < -0.3 is 20.1 Å². The van der Waals surface area contributed by atoms with Crippen LogP contribution in [0.1, 0.15) is 44.9 Å². The number of hydrogen-bond donors (Lipinski definition) is 2. The fraction of sp³-hybridized carbons (Fsp3) is 0.286. The van der Waals surface area contributed by atoms with E-state index in [0.29, 0.717) is 22.1 Å². The molecule has 6 heteroatoms. The summed E-state index contributed by atoms with van der Waals surface area (Å²) in [6, 6.07) is 16.9. The van der Waals surface area contributed by atoms with Gasteiger partial charge in [0.25, 0.3) is 5.91 Å². The third-order valence-corrected chi connectivity index (χ3v) is 5.29. The number of aromatic hydroxyl groups is 1. The summed E-state index contributed by atoms with van der Waals surface area (Å²) in [5, 5.41) is 14.7. The Balaban J connectivity index is 2.19. The van der Waals surface area contributed by atoms with Gasteiger partial charge in [0.1, 0.15) is 17.5 Å². The van der Waals surface area contributed by atoms with Crippen LogP contribution in [0.2, 0.25) is 0 Å². The number of phenols is 1. The molecule has 0 aliphatic carbocycles. The normalized spacial score (nSPS) is 11.8. The van der Waals surface area contributed by atoms with E-state index in [9.17, 15) is 14.7 Å². The summed E-state index contributed by atoms with van der Waals surface area (Å²) in [5.41, 5.74) is 0.909. The Kier molecular flexibility index (Phi) is 7.47. The second-order valence-corrected chi connectivity index (χ2v) is 9.02. The van der Waals surface area contributed by atoms with Gasteiger partial charge >= 0.3 is 0 Å². The van der Waals surface area contributed by atoms with Crippen LogP contribution >= 0.6 is 0 Å². The van der Waals surface area contributed by atoms with E-state index in [0.717, 1.165) is 5.56 Å². The van der Waals surface area contributed by atoms with Crippen LogP contribution in [-0.4, -0.2) is 34.5 Å². The van der Waals surface area contributed by atoms with Crippen LogP contribution in [0.15, 0.2) is 60.7 Å². The van der Waals surface area contributed by atoms with Crippen molar-refractivity contribution >= 4 is 22.6 Å². The zero-order valence-corrected chi connectivity index (χ0v) is 20.2. The zero-order chi connectivity index (χ0) is 24.9. The van der Waals surface area contributed by atoms with Gasteiger partial charge in [0.05, 0.1) is 7.11 Å². The number of rotatable bonds is 6. The summed E-state index contributed by atoms with van der Waals surface area (Å²) in [7, 11) is 1.59. The second-order valence-electron chi connectivity index (χ2n) is 9.02. The summed E-state index contributed by atoms with van der Waals surface area (Å²) in [4.78, 5) is 28.4. The predicted molar refractivity (Wildman–Crippen MR) is 133 cm³/mol. The highest BCUT2D eigenvalue weighted by atomic mass is 16.5. The van der Waals surface area contributed by atoms with Gasteiger partial charge in [-0.3, -0.25) is 9.59 Å². The molecule has 0 radical (unpaired) electrons. The number of methoxy groups -OCH3 is 1. The lowest BCUT2D eigenvalue weighted by Gasteiger charge is -2.33. The maximum Gasteiger partial charge on any atom is 0.299 e. The van der Waals surface area contributed by atoms with Crippen molar-refractivity contribution in [1.82, 2.24) is 10.2 Å². The average molecular weight is 459 g/mol. The number of carbonyl (C=O) groups is 2. The largest absolute Gasteiger partial charge is 0.507 e. The third kappa shape index (κ3) is 5.68. The maximum atomic E-state index is 13.7. The van der Waals surface area contributed by atoms with Gasteiger partial charge in [-0.05, 0) is 68.3 Å². The van der Waals surface area contributed by atoms with Crippen molar-refractivity contribution in [2.45, 2.75) is 45.8 Å². The average Bonchev–Trinajstić information content (AvgIpc) is 2.79. The summed E-state index contributed by atoms with van der Waals surface area (Å²) >= 11 is 0. The van der Waals surface area contributed by atoms with E-state index >= 15 is 0 Å². The van der Waals surface area contributed by atoms with Crippen molar-refractivity contribution in [2.75, 3.05) is 7.11 Å². The van der Waals surface area contributed by atoms with Crippen LogP contribution in [0.25, 0.3) is 10.8 Å². The fourth-order valence-electron chi connectivity index (χ4n) is 3.82. The molecular formula is C28H30N2O4. The van der Waals surface area contributed by atoms with Gasteiger partial charge in [0.2, 0.25) is 5.91 Å². The number of amides is 2. The molecule has 3 aromatic rings. The Hall–Kier alpha value is -3.98. The fourth-order valence-corrected chi connectivity index (χ4v) is 3.82. The van der Waals surface area contributed by atoms with Crippen molar-refractivity contribution in [3.63, 3.8) is 0 Å². The van der Waals surface area contributed by atoms with E-state index in [4.69, 9.17) is 4.74 Å². The Morgan fingerprint density at radius 3 is 2.26 bits per heavy atom. The highest BCUT2D eigenvalue weighted by Crippen LogP contribution is 2.34. The number of phenolic OH excluding ortho intramolecular Hbond substituents is 1. The zero-order valence-electron chi connectivity index (χ0n) is 20.2. The molecule has 0 aromatic heterocycles. The molecule has 2 N–H and O–H groups in total. The Morgan fingerprint density at radius 2 is 1.68 bits per heavy atom. The second kappa shape index (κ2) is 10.3. The minimum absolute atomic E-state index is 0.107. The highest BCUT2D eigenvalue weighted by molar-refractivity contribution is 6.00. The first-order valence-electron chi connectivity index (χ1n) is 11.0. The van der Waals surface area contributed by atoms with Crippen LogP contribution < -0.4 is 10.1 Å². The highest BCUT2D eigenvalue weighted by Gasteiger charge is 2.34. The van der Waals surface area contributed by atoms with Crippen LogP contribution in [-0.2, 0) is 16.1 Å². The summed E-state index contributed by atoms with van der Waals surface area (Å²) in [6.45, 7) is 7.41. The lowest BCUT2D eigenvalue weighted by molar-refractivity contribution is -0.138. The lowest BCUT2D eigenvalue weighted by Crippen LogP contribution is -2.49. The smallest absolute Gasteiger partial charge is 0.299 e. The molecule has 6 nitrogen and oxygen atoms in total. The Bertz CT molecular complexity index is 1250. The predicted octanol–water partition coefficient (Wildman–Crippen LogP) is 4.56. The van der Waals surface area contributed by atoms with Gasteiger partial charge in [-0.25, -0.2) is 0 Å². The Morgan fingerprint density at radius 1 is 1.03 bits per heavy atom. The number of hydrogen-bond acceptors (Lipinski definition) is 4. The number of benzene rings is 3. The molecule has 34 heavy (non-hydrogen) atoms. The molecule has 3 aromatic carbocycles. The third-order valence-electron chi connectivity index (χ3n) is 5.29. The van der Waals surface area contributed by atoms with Crippen LogP contribution in [0.3, 0.4) is 0 Å². The molecular weight excluding hydrogens is 428 g/mol. The van der Waals surface area contributed by atoms with Gasteiger partial charge in [-0.2, -0.15) is 0 Å². The first kappa shape index (κ1) is 24.7. The molecule has 0 bridgehead atoms. The summed E-state index contributed by atoms with van der Waals surface area (Å²) in [6.07, 6.45) is 0. The van der Waals surface area contributed by atoms with E-state index in [1.807, 2.05) is 63.2 Å². The molecule has 0 spiro atoms. The summed E-state index contributed by atoms with van der Waals surface area (Å²) in [5.74, 6) is 5.26. The van der Waals surface area contributed by atoms with Crippen LogP contribution in [0.4, 0.5) is 0 Å². The minimum Gasteiger partial charge on any atom is -0.507 e. The molecule has 1 unspecified atom stereocenters. The number of nitrogens with zero attached hydrogens (tertiary/aromatic N) is 1. The topological polar surface area (TPSA) is 78.9 Å². The number of ether oxygens (including phenoxy) is 1. The van der Waals surface area contributed by atoms with Crippen LogP contribution in [0, 0.1) is 11.8 Å². The molecule has 0 saturated heterocycles. The van der Waals surface area contributed by atoms with Crippen molar-refractivity contribution in [1.29, 1.82) is 0 Å². The molecule has 0 aliphatic rings. The van der Waals surface area contributed by atoms with Crippen molar-refractivity contribution in [3.05, 3.63) is 71.8 Å². The SMILES string of the molecule is CC#CC(=O)N(Cc1ccc(OC)cc1)C(C(=O)NC(C)(C)C)c1ccc(O)c2ccccc12. The molecule has 1 atom stereocenters. The Labute approximate surface area is 200 Å². The molecule has 0 heterocycles. The molecule has 0 saturated carbocycles. The number of nitrogens with one attached hydrogen (secondary N) is 1. The minimum atomic E-state index is -0.972. The van der Waals surface area contributed by atoms with Gasteiger partial charge in [0, 0.05) is 17.5 Å². The standard InChI is InChI=1S/C28H30N2O4/c1-6-9-25(32)30(18-19-12-14-20(34-5)15-13-19)26(27(33)29-28(2,3)4)23-16-17-24(31)22-11-8-7-10-21(22)23/h7-8,10-17,26,31H,18H2,1-5H3,(H,29,33). The maximum absolute atomic E-state index is 13.7. The van der Waals surface area contributed by atoms with Crippen molar-refractivity contribution in [3.8, 4) is 23.3 Å². The monoisotopic (exact) mass is 458 g/mol. The van der Waals surface area contributed by atoms with E-state index in [2.05, 4.69) is 17.2 Å². The van der Waals surface area contributed by atoms with Crippen molar-refractivity contribution < 1.29 is 19.4 Å². The number of carbonyl (C=O) groups excluding carboxylic acids is 2. The molecule has 0 aliphatic heterocycles. The van der Waals surface area contributed by atoms with Crippen LogP contribution in [0.5, 0.6) is 11.5 Å². The lowest BCUT2D eigenvalue weighted by atomic mass is 9.95. The summed E-state index contributed by atoms with van der Waals surface area (Å²) < 4.78 is 5.24. The first-order valence-corrected chi connectivity index (χ1v) is 11.0. The van der Waals surface area contributed by atoms with E-state index < -0.39 is 17.5 Å². The van der Waals surface area contributed by atoms with Gasteiger partial charge in [-0.15, -0.1) is 0 Å². The van der Waals surface area contributed by atoms with Gasteiger partial charge in [0.15, 0.2) is 0 Å².